The van der Waals surface area contributed by atoms with Gasteiger partial charge >= 0.3 is 0 Å². The maximum absolute atomic E-state index is 12.6. The molecule has 0 spiro atoms. The molecule has 2 aliphatic rings. The van der Waals surface area contributed by atoms with E-state index < -0.39 is 0 Å². The molecule has 0 aromatic heterocycles. The third kappa shape index (κ3) is 6.50. The van der Waals surface area contributed by atoms with Crippen LogP contribution in [0.3, 0.4) is 0 Å². The minimum atomic E-state index is -0.127. The number of halogens is 1. The van der Waals surface area contributed by atoms with E-state index in [1.54, 1.807) is 17.0 Å². The van der Waals surface area contributed by atoms with Gasteiger partial charge in [-0.15, -0.1) is 24.0 Å². The molecule has 3 N–H and O–H groups in total. The van der Waals surface area contributed by atoms with E-state index in [2.05, 4.69) is 20.9 Å². The second-order valence-electron chi connectivity index (χ2n) is 7.51. The van der Waals surface area contributed by atoms with Crippen molar-refractivity contribution in [1.82, 2.24) is 20.9 Å². The lowest BCUT2D eigenvalue weighted by Crippen LogP contribution is -2.49. The fourth-order valence-corrected chi connectivity index (χ4v) is 3.50. The Morgan fingerprint density at radius 1 is 1.09 bits per heavy atom. The average Bonchev–Trinajstić information content (AvgIpc) is 3.29. The van der Waals surface area contributed by atoms with Crippen LogP contribution in [0.25, 0.3) is 0 Å². The summed E-state index contributed by atoms with van der Waals surface area (Å²) in [5.41, 5.74) is 2.62. The number of aliphatic imine (C=N–C) groups is 1. The minimum absolute atomic E-state index is 0. The van der Waals surface area contributed by atoms with E-state index in [0.717, 1.165) is 29.2 Å². The van der Waals surface area contributed by atoms with Crippen LogP contribution in [0, 0.1) is 0 Å². The molecule has 4 rings (SSSR count). The Kier molecular flexibility index (Phi) is 8.75. The summed E-state index contributed by atoms with van der Waals surface area (Å²) < 4.78 is 10.8. The Bertz CT molecular complexity index is 1010. The molecule has 0 bridgehead atoms. The van der Waals surface area contributed by atoms with Gasteiger partial charge in [0.2, 0.25) is 12.7 Å². The predicted molar refractivity (Wildman–Crippen MR) is 135 cm³/mol. The van der Waals surface area contributed by atoms with Crippen LogP contribution in [0.2, 0.25) is 0 Å². The number of guanidine groups is 1. The normalized spacial score (nSPS) is 14.9. The van der Waals surface area contributed by atoms with Gasteiger partial charge in [0.15, 0.2) is 17.5 Å². The third-order valence-electron chi connectivity index (χ3n) is 5.19. The van der Waals surface area contributed by atoms with E-state index in [1.807, 2.05) is 37.3 Å². The summed E-state index contributed by atoms with van der Waals surface area (Å²) in [6.45, 7) is 5.20. The van der Waals surface area contributed by atoms with Crippen LogP contribution >= 0.6 is 24.0 Å². The fraction of sp³-hybridized carbons (Fsp3) is 0.348. The van der Waals surface area contributed by atoms with Crippen molar-refractivity contribution in [2.24, 2.45) is 4.99 Å². The smallest absolute Gasteiger partial charge is 0.254 e. The van der Waals surface area contributed by atoms with Crippen molar-refractivity contribution in [3.05, 3.63) is 59.2 Å². The molecule has 0 aliphatic carbocycles. The SMILES string of the molecule is CCNC(=NCc1ccc2c(c1)OCO2)NCc1ccc(C(=O)N2CCNC(=O)C2)cc1.I. The molecule has 176 valence electrons. The molecule has 0 unspecified atom stereocenters. The van der Waals surface area contributed by atoms with E-state index in [9.17, 15) is 9.59 Å². The van der Waals surface area contributed by atoms with E-state index in [4.69, 9.17) is 9.47 Å². The number of hydrogen-bond donors (Lipinski definition) is 3. The molecule has 2 aromatic rings. The Labute approximate surface area is 209 Å². The van der Waals surface area contributed by atoms with Gasteiger partial charge in [0.05, 0.1) is 13.1 Å². The number of hydrogen-bond acceptors (Lipinski definition) is 5. The molecule has 1 fully saturated rings. The zero-order valence-corrected chi connectivity index (χ0v) is 20.8. The Hall–Kier alpha value is -3.02. The number of carbonyl (C=O) groups is 2. The van der Waals surface area contributed by atoms with Crippen LogP contribution in [0.1, 0.15) is 28.4 Å². The molecule has 2 aliphatic heterocycles. The van der Waals surface area contributed by atoms with Crippen LogP contribution < -0.4 is 25.4 Å². The molecular weight excluding hydrogens is 537 g/mol. The molecule has 33 heavy (non-hydrogen) atoms. The summed E-state index contributed by atoms with van der Waals surface area (Å²) in [4.78, 5) is 30.3. The highest BCUT2D eigenvalue weighted by Crippen LogP contribution is 2.32. The number of nitrogens with one attached hydrogen (secondary N) is 3. The van der Waals surface area contributed by atoms with Gasteiger partial charge in [0, 0.05) is 31.7 Å². The maximum Gasteiger partial charge on any atom is 0.254 e. The summed E-state index contributed by atoms with van der Waals surface area (Å²) in [6.07, 6.45) is 0. The largest absolute Gasteiger partial charge is 0.454 e. The Morgan fingerprint density at radius 3 is 2.61 bits per heavy atom. The fourth-order valence-electron chi connectivity index (χ4n) is 3.50. The van der Waals surface area contributed by atoms with E-state index >= 15 is 0 Å². The first-order valence-electron chi connectivity index (χ1n) is 10.7. The van der Waals surface area contributed by atoms with E-state index in [0.29, 0.717) is 37.7 Å². The minimum Gasteiger partial charge on any atom is -0.454 e. The van der Waals surface area contributed by atoms with Crippen molar-refractivity contribution >= 4 is 41.8 Å². The quantitative estimate of drug-likeness (QED) is 0.281. The zero-order valence-electron chi connectivity index (χ0n) is 18.4. The Morgan fingerprint density at radius 2 is 1.85 bits per heavy atom. The number of amides is 2. The van der Waals surface area contributed by atoms with Gasteiger partial charge < -0.3 is 30.3 Å². The molecule has 2 amide bonds. The van der Waals surface area contributed by atoms with Gasteiger partial charge in [-0.2, -0.15) is 0 Å². The first kappa shape index (κ1) is 24.6. The number of nitrogens with zero attached hydrogens (tertiary/aromatic N) is 2. The van der Waals surface area contributed by atoms with Crippen molar-refractivity contribution in [2.45, 2.75) is 20.0 Å². The van der Waals surface area contributed by atoms with Crippen LogP contribution in [-0.2, 0) is 17.9 Å². The molecule has 9 nitrogen and oxygen atoms in total. The number of benzene rings is 2. The van der Waals surface area contributed by atoms with Gasteiger partial charge in [-0.3, -0.25) is 9.59 Å². The molecule has 0 saturated carbocycles. The van der Waals surface area contributed by atoms with Crippen molar-refractivity contribution in [1.29, 1.82) is 0 Å². The summed E-state index contributed by atoms with van der Waals surface area (Å²) in [5, 5.41) is 9.28. The molecule has 0 atom stereocenters. The van der Waals surface area contributed by atoms with Gasteiger partial charge in [-0.1, -0.05) is 18.2 Å². The average molecular weight is 565 g/mol. The van der Waals surface area contributed by atoms with Crippen LogP contribution in [-0.4, -0.2) is 55.6 Å². The summed E-state index contributed by atoms with van der Waals surface area (Å²) in [6, 6.07) is 13.2. The number of ether oxygens (including phenoxy) is 2. The monoisotopic (exact) mass is 565 g/mol. The van der Waals surface area contributed by atoms with Gasteiger partial charge in [0.1, 0.15) is 0 Å². The van der Waals surface area contributed by atoms with Crippen LogP contribution in [0.5, 0.6) is 11.5 Å². The van der Waals surface area contributed by atoms with Crippen molar-refractivity contribution < 1.29 is 19.1 Å². The predicted octanol–water partition coefficient (Wildman–Crippen LogP) is 1.86. The molecule has 1 saturated heterocycles. The highest BCUT2D eigenvalue weighted by molar-refractivity contribution is 14.0. The summed E-state index contributed by atoms with van der Waals surface area (Å²) >= 11 is 0. The highest BCUT2D eigenvalue weighted by atomic mass is 127. The van der Waals surface area contributed by atoms with E-state index in [1.165, 1.54) is 0 Å². The van der Waals surface area contributed by atoms with E-state index in [-0.39, 0.29) is 49.1 Å². The van der Waals surface area contributed by atoms with Crippen molar-refractivity contribution in [3.8, 4) is 11.5 Å². The maximum atomic E-state index is 12.6. The number of piperazine rings is 1. The highest BCUT2D eigenvalue weighted by Gasteiger charge is 2.22. The second kappa shape index (κ2) is 11.7. The third-order valence-corrected chi connectivity index (χ3v) is 5.19. The molecule has 2 aromatic carbocycles. The Balaban J connectivity index is 0.00000306. The zero-order chi connectivity index (χ0) is 22.3. The van der Waals surface area contributed by atoms with Gasteiger partial charge in [-0.25, -0.2) is 4.99 Å². The van der Waals surface area contributed by atoms with Crippen LogP contribution in [0.15, 0.2) is 47.5 Å². The number of carbonyl (C=O) groups excluding carboxylic acids is 2. The summed E-state index contributed by atoms with van der Waals surface area (Å²) in [7, 11) is 0. The molecule has 10 heteroatoms. The second-order valence-corrected chi connectivity index (χ2v) is 7.51. The lowest BCUT2D eigenvalue weighted by Gasteiger charge is -2.26. The molecule has 0 radical (unpaired) electrons. The topological polar surface area (TPSA) is 104 Å². The van der Waals surface area contributed by atoms with Crippen LogP contribution in [0.4, 0.5) is 0 Å². The lowest BCUT2D eigenvalue weighted by molar-refractivity contribution is -0.123. The standard InChI is InChI=1S/C23H27N5O4.HI/c1-2-24-23(27-13-17-5-8-19-20(11-17)32-15-31-19)26-12-16-3-6-18(7-4-16)22(30)28-10-9-25-21(29)14-28;/h3-8,11H,2,9-10,12-15H2,1H3,(H,25,29)(H2,24,26,27);1H. The summed E-state index contributed by atoms with van der Waals surface area (Å²) in [5.74, 6) is 1.95. The first-order valence-corrected chi connectivity index (χ1v) is 10.7. The molecular formula is C23H28IN5O4. The lowest BCUT2D eigenvalue weighted by atomic mass is 10.1. The van der Waals surface area contributed by atoms with Gasteiger partial charge in [-0.05, 0) is 42.3 Å². The van der Waals surface area contributed by atoms with Crippen molar-refractivity contribution in [3.63, 3.8) is 0 Å². The number of rotatable bonds is 6. The van der Waals surface area contributed by atoms with Crippen molar-refractivity contribution in [2.75, 3.05) is 33.0 Å². The first-order chi connectivity index (χ1) is 15.6. The van der Waals surface area contributed by atoms with Gasteiger partial charge in [0.25, 0.3) is 5.91 Å². The number of fused-ring (bicyclic) bond motifs is 1. The molecule has 2 heterocycles.